The maximum Gasteiger partial charge on any atom is 0.306 e. The number of aliphatic hydroxyl groups is 1. The van der Waals surface area contributed by atoms with Gasteiger partial charge in [-0.15, -0.1) is 0 Å². The third kappa shape index (κ3) is 4.69. The van der Waals surface area contributed by atoms with Crippen LogP contribution < -0.4 is 11.1 Å². The molecule has 5 N–H and O–H groups in total. The summed E-state index contributed by atoms with van der Waals surface area (Å²) >= 11 is 0. The van der Waals surface area contributed by atoms with E-state index in [0.29, 0.717) is 0 Å². The van der Waals surface area contributed by atoms with E-state index in [4.69, 9.17) is 10.8 Å². The number of carboxylic acids is 1. The van der Waals surface area contributed by atoms with Gasteiger partial charge in [-0.1, -0.05) is 0 Å². The van der Waals surface area contributed by atoms with Crippen LogP contribution in [0.1, 0.15) is 34.1 Å². The largest absolute Gasteiger partial charge is 0.481 e. The number of nitrogens with one attached hydrogen (secondary N) is 1. The van der Waals surface area contributed by atoms with Gasteiger partial charge >= 0.3 is 5.97 Å². The van der Waals surface area contributed by atoms with Crippen molar-refractivity contribution in [1.29, 1.82) is 0 Å². The highest BCUT2D eigenvalue weighted by molar-refractivity contribution is 5.97. The van der Waals surface area contributed by atoms with Gasteiger partial charge in [-0.05, 0) is 31.2 Å². The molecule has 2 amide bonds. The highest BCUT2D eigenvalue weighted by Gasteiger charge is 2.25. The van der Waals surface area contributed by atoms with Crippen molar-refractivity contribution in [2.24, 2.45) is 5.73 Å². The van der Waals surface area contributed by atoms with E-state index in [9.17, 15) is 19.5 Å². The van der Waals surface area contributed by atoms with Gasteiger partial charge in [0, 0.05) is 17.7 Å². The number of primary amides is 1. The van der Waals surface area contributed by atoms with Gasteiger partial charge in [0.1, 0.15) is 0 Å². The fourth-order valence-electron chi connectivity index (χ4n) is 1.55. The number of hydrogen-bond donors (Lipinski definition) is 4. The summed E-state index contributed by atoms with van der Waals surface area (Å²) in [5, 5.41) is 20.8. The third-order valence-electron chi connectivity index (χ3n) is 2.59. The molecule has 0 aromatic heterocycles. The third-order valence-corrected chi connectivity index (χ3v) is 2.59. The predicted molar refractivity (Wildman–Crippen MR) is 70.2 cm³/mol. The number of nitrogens with two attached hydrogens (primary N) is 1. The minimum Gasteiger partial charge on any atom is -0.481 e. The van der Waals surface area contributed by atoms with Crippen molar-refractivity contribution < 1.29 is 24.6 Å². The molecule has 1 aromatic rings. The molecule has 7 nitrogen and oxygen atoms in total. The Morgan fingerprint density at radius 2 is 1.70 bits per heavy atom. The Labute approximate surface area is 115 Å². The number of hydrogen-bond acceptors (Lipinski definition) is 4. The van der Waals surface area contributed by atoms with Crippen molar-refractivity contribution in [2.45, 2.75) is 18.9 Å². The Bertz CT molecular complexity index is 522. The fourth-order valence-corrected chi connectivity index (χ4v) is 1.55. The summed E-state index contributed by atoms with van der Waals surface area (Å²) in [5.41, 5.74) is 4.10. The van der Waals surface area contributed by atoms with E-state index >= 15 is 0 Å². The van der Waals surface area contributed by atoms with Crippen molar-refractivity contribution in [3.05, 3.63) is 35.4 Å². The molecule has 1 unspecified atom stereocenters. The predicted octanol–water partition coefficient (Wildman–Crippen LogP) is -0.259. The van der Waals surface area contributed by atoms with E-state index in [2.05, 4.69) is 5.32 Å². The van der Waals surface area contributed by atoms with Gasteiger partial charge in [0.25, 0.3) is 5.91 Å². The summed E-state index contributed by atoms with van der Waals surface area (Å²) in [4.78, 5) is 33.2. The maximum absolute atomic E-state index is 11.8. The van der Waals surface area contributed by atoms with E-state index in [0.717, 1.165) is 0 Å². The van der Waals surface area contributed by atoms with Crippen molar-refractivity contribution in [3.8, 4) is 0 Å². The lowest BCUT2D eigenvalue weighted by atomic mass is 10.0. The zero-order valence-corrected chi connectivity index (χ0v) is 10.9. The van der Waals surface area contributed by atoms with E-state index in [1.807, 2.05) is 0 Å². The van der Waals surface area contributed by atoms with Crippen LogP contribution in [-0.4, -0.2) is 40.1 Å². The van der Waals surface area contributed by atoms with Gasteiger partial charge in [-0.25, -0.2) is 0 Å². The summed E-state index contributed by atoms with van der Waals surface area (Å²) < 4.78 is 0. The Morgan fingerprint density at radius 3 is 2.15 bits per heavy atom. The summed E-state index contributed by atoms with van der Waals surface area (Å²) in [7, 11) is 0. The molecule has 0 fully saturated rings. The van der Waals surface area contributed by atoms with Crippen molar-refractivity contribution in [2.75, 3.05) is 6.54 Å². The first-order valence-electron chi connectivity index (χ1n) is 5.83. The number of rotatable bonds is 6. The average molecular weight is 280 g/mol. The smallest absolute Gasteiger partial charge is 0.306 e. The standard InChI is InChI=1S/C13H16N2O5/c1-13(20,6-10(16)17)7-15-12(19)9-4-2-8(3-5-9)11(14)18/h2-5,20H,6-7H2,1H3,(H2,14,18)(H,15,19)(H,16,17). The molecule has 0 radical (unpaired) electrons. The first-order valence-corrected chi connectivity index (χ1v) is 5.83. The van der Waals surface area contributed by atoms with Crippen LogP contribution in [0.15, 0.2) is 24.3 Å². The van der Waals surface area contributed by atoms with Gasteiger partial charge in [-0.3, -0.25) is 14.4 Å². The minimum atomic E-state index is -1.53. The highest BCUT2D eigenvalue weighted by Crippen LogP contribution is 2.09. The summed E-state index contributed by atoms with van der Waals surface area (Å²) in [5.74, 6) is -2.23. The van der Waals surface area contributed by atoms with Crippen LogP contribution in [0.25, 0.3) is 0 Å². The van der Waals surface area contributed by atoms with Crippen LogP contribution in [-0.2, 0) is 4.79 Å². The van der Waals surface area contributed by atoms with E-state index < -0.39 is 29.8 Å². The van der Waals surface area contributed by atoms with Crippen LogP contribution in [0, 0.1) is 0 Å². The van der Waals surface area contributed by atoms with Crippen LogP contribution in [0.3, 0.4) is 0 Å². The summed E-state index contributed by atoms with van der Waals surface area (Å²) in [6.45, 7) is 1.12. The number of amides is 2. The molecule has 0 aliphatic carbocycles. The van der Waals surface area contributed by atoms with Gasteiger partial charge in [0.2, 0.25) is 5.91 Å². The van der Waals surface area contributed by atoms with E-state index in [1.54, 1.807) is 0 Å². The number of carbonyl (C=O) groups is 3. The number of carbonyl (C=O) groups excluding carboxylic acids is 2. The summed E-state index contributed by atoms with van der Waals surface area (Å²) in [6, 6.07) is 5.65. The van der Waals surface area contributed by atoms with Crippen LogP contribution in [0.5, 0.6) is 0 Å². The van der Waals surface area contributed by atoms with Crippen LogP contribution in [0.4, 0.5) is 0 Å². The monoisotopic (exact) mass is 280 g/mol. The highest BCUT2D eigenvalue weighted by atomic mass is 16.4. The molecular formula is C13H16N2O5. The molecule has 20 heavy (non-hydrogen) atoms. The number of benzene rings is 1. The first-order chi connectivity index (χ1) is 9.21. The van der Waals surface area contributed by atoms with Gasteiger partial charge in [0.05, 0.1) is 12.0 Å². The van der Waals surface area contributed by atoms with Crippen molar-refractivity contribution in [1.82, 2.24) is 5.32 Å². The maximum atomic E-state index is 11.8. The molecule has 1 rings (SSSR count). The van der Waals surface area contributed by atoms with Crippen molar-refractivity contribution in [3.63, 3.8) is 0 Å². The minimum absolute atomic E-state index is 0.199. The quantitative estimate of drug-likeness (QED) is 0.570. The number of carboxylic acid groups (broad SMARTS) is 1. The summed E-state index contributed by atoms with van der Waals surface area (Å²) in [6.07, 6.45) is -0.478. The molecule has 0 saturated heterocycles. The topological polar surface area (TPSA) is 130 Å². The molecule has 7 heteroatoms. The van der Waals surface area contributed by atoms with Crippen molar-refractivity contribution >= 4 is 17.8 Å². The normalized spacial score (nSPS) is 13.3. The SMILES string of the molecule is CC(O)(CNC(=O)c1ccc(C(N)=O)cc1)CC(=O)O. The van der Waals surface area contributed by atoms with Gasteiger partial charge in [0.15, 0.2) is 0 Å². The second-order valence-electron chi connectivity index (χ2n) is 4.69. The van der Waals surface area contributed by atoms with Gasteiger partial charge in [-0.2, -0.15) is 0 Å². The Kier molecular flexibility index (Phi) is 4.82. The molecule has 0 aliphatic rings. The first kappa shape index (κ1) is 15.6. The lowest BCUT2D eigenvalue weighted by molar-refractivity contribution is -0.141. The zero-order valence-electron chi connectivity index (χ0n) is 10.9. The second-order valence-corrected chi connectivity index (χ2v) is 4.69. The van der Waals surface area contributed by atoms with Crippen LogP contribution >= 0.6 is 0 Å². The average Bonchev–Trinajstić information content (AvgIpc) is 2.34. The molecule has 0 aliphatic heterocycles. The molecular weight excluding hydrogens is 264 g/mol. The molecule has 108 valence electrons. The number of aliphatic carboxylic acids is 1. The lowest BCUT2D eigenvalue weighted by Gasteiger charge is -2.21. The molecule has 1 aromatic carbocycles. The zero-order chi connectivity index (χ0) is 15.3. The lowest BCUT2D eigenvalue weighted by Crippen LogP contribution is -2.42. The second kappa shape index (κ2) is 6.16. The molecule has 1 atom stereocenters. The van der Waals surface area contributed by atoms with Gasteiger partial charge < -0.3 is 21.3 Å². The van der Waals surface area contributed by atoms with E-state index in [-0.39, 0.29) is 17.7 Å². The Hall–Kier alpha value is -2.41. The molecule has 0 bridgehead atoms. The Morgan fingerprint density at radius 1 is 1.20 bits per heavy atom. The fraction of sp³-hybridized carbons (Fsp3) is 0.308. The molecule has 0 heterocycles. The van der Waals surface area contributed by atoms with Crippen LogP contribution in [0.2, 0.25) is 0 Å². The molecule has 0 spiro atoms. The van der Waals surface area contributed by atoms with E-state index in [1.165, 1.54) is 31.2 Å². The molecule has 0 saturated carbocycles. The Balaban J connectivity index is 2.63.